The smallest absolute Gasteiger partial charge is 0.0725 e. The topological polar surface area (TPSA) is 6.48 Å². The molecule has 7 rings (SSSR count). The van der Waals surface area contributed by atoms with Gasteiger partial charge in [-0.3, -0.25) is 4.90 Å². The number of nitrogens with zero attached hydrogens (tertiary/aromatic N) is 2. The normalized spacial score (nSPS) is 13.8. The number of fused-ring (bicyclic) bond motifs is 10. The molecule has 1 spiro atoms. The quantitative estimate of drug-likeness (QED) is 0.243. The SMILES string of the molecule is CN(Cc1ccc(N(C)C)cc1)Cc1ccc2c(c1)-c1ccccc1C21c2ccccc2-c2ccccc21. The molecular weight excluding hydrogens is 460 g/mol. The van der Waals surface area contributed by atoms with Crippen molar-refractivity contribution < 1.29 is 0 Å². The first-order valence-electron chi connectivity index (χ1n) is 13.4. The zero-order valence-electron chi connectivity index (χ0n) is 22.3. The van der Waals surface area contributed by atoms with Crippen LogP contribution in [0.4, 0.5) is 5.69 Å². The number of rotatable bonds is 5. The lowest BCUT2D eigenvalue weighted by molar-refractivity contribution is 0.319. The van der Waals surface area contributed by atoms with Gasteiger partial charge in [0.1, 0.15) is 0 Å². The van der Waals surface area contributed by atoms with Crippen LogP contribution in [-0.2, 0) is 18.5 Å². The van der Waals surface area contributed by atoms with Crippen LogP contribution in [0.3, 0.4) is 0 Å². The van der Waals surface area contributed by atoms with E-state index in [0.717, 1.165) is 13.1 Å². The molecule has 0 saturated carbocycles. The summed E-state index contributed by atoms with van der Waals surface area (Å²) in [5, 5.41) is 0. The Kier molecular flexibility index (Phi) is 5.28. The maximum Gasteiger partial charge on any atom is 0.0725 e. The monoisotopic (exact) mass is 492 g/mol. The van der Waals surface area contributed by atoms with Crippen molar-refractivity contribution in [1.29, 1.82) is 0 Å². The highest BCUT2D eigenvalue weighted by atomic mass is 15.1. The number of anilines is 1. The van der Waals surface area contributed by atoms with Gasteiger partial charge in [0.25, 0.3) is 0 Å². The lowest BCUT2D eigenvalue weighted by Crippen LogP contribution is -2.25. The predicted molar refractivity (Wildman–Crippen MR) is 159 cm³/mol. The Balaban J connectivity index is 1.29. The van der Waals surface area contributed by atoms with Gasteiger partial charge >= 0.3 is 0 Å². The highest BCUT2D eigenvalue weighted by molar-refractivity contribution is 5.94. The molecule has 5 aromatic rings. The van der Waals surface area contributed by atoms with Crippen LogP contribution in [0.2, 0.25) is 0 Å². The maximum absolute atomic E-state index is 2.44. The van der Waals surface area contributed by atoms with Crippen molar-refractivity contribution in [3.63, 3.8) is 0 Å². The molecule has 2 aliphatic carbocycles. The van der Waals surface area contributed by atoms with Crippen LogP contribution >= 0.6 is 0 Å². The molecule has 2 aliphatic rings. The summed E-state index contributed by atoms with van der Waals surface area (Å²) in [4.78, 5) is 4.55. The Morgan fingerprint density at radius 3 is 1.47 bits per heavy atom. The van der Waals surface area contributed by atoms with E-state index < -0.39 is 0 Å². The number of benzene rings is 5. The van der Waals surface area contributed by atoms with Crippen molar-refractivity contribution in [2.24, 2.45) is 0 Å². The second-order valence-corrected chi connectivity index (χ2v) is 11.0. The molecule has 0 N–H and O–H groups in total. The van der Waals surface area contributed by atoms with E-state index >= 15 is 0 Å². The van der Waals surface area contributed by atoms with E-state index in [1.807, 2.05) is 0 Å². The molecular formula is C36H32N2. The fourth-order valence-electron chi connectivity index (χ4n) is 6.82. The van der Waals surface area contributed by atoms with Crippen LogP contribution in [0.1, 0.15) is 33.4 Å². The van der Waals surface area contributed by atoms with E-state index in [1.165, 1.54) is 61.3 Å². The van der Waals surface area contributed by atoms with Gasteiger partial charge in [-0.15, -0.1) is 0 Å². The Labute approximate surface area is 225 Å². The molecule has 2 heteroatoms. The molecule has 38 heavy (non-hydrogen) atoms. The van der Waals surface area contributed by atoms with Gasteiger partial charge in [0.15, 0.2) is 0 Å². The van der Waals surface area contributed by atoms with Crippen LogP contribution in [0, 0.1) is 0 Å². The van der Waals surface area contributed by atoms with Crippen molar-refractivity contribution in [3.05, 3.63) is 149 Å². The summed E-state index contributed by atoms with van der Waals surface area (Å²) in [5.41, 5.74) is 14.7. The van der Waals surface area contributed by atoms with Gasteiger partial charge in [-0.2, -0.15) is 0 Å². The third-order valence-corrected chi connectivity index (χ3v) is 8.42. The second kappa shape index (κ2) is 8.72. The molecule has 0 aliphatic heterocycles. The summed E-state index contributed by atoms with van der Waals surface area (Å²) in [6.45, 7) is 1.83. The summed E-state index contributed by atoms with van der Waals surface area (Å²) in [6, 6.07) is 43.1. The molecule has 0 unspecified atom stereocenters. The molecule has 0 bridgehead atoms. The minimum atomic E-state index is -0.252. The van der Waals surface area contributed by atoms with Crippen molar-refractivity contribution in [2.75, 3.05) is 26.0 Å². The lowest BCUT2D eigenvalue weighted by Gasteiger charge is -2.30. The Hall–Kier alpha value is -4.14. The first-order chi connectivity index (χ1) is 18.6. The van der Waals surface area contributed by atoms with E-state index in [9.17, 15) is 0 Å². The average molecular weight is 493 g/mol. The summed E-state index contributed by atoms with van der Waals surface area (Å²) in [7, 11) is 6.38. The Bertz CT molecular complexity index is 1620. The van der Waals surface area contributed by atoms with Crippen molar-refractivity contribution in [3.8, 4) is 22.3 Å². The molecule has 0 radical (unpaired) electrons. The van der Waals surface area contributed by atoms with Crippen molar-refractivity contribution in [1.82, 2.24) is 4.90 Å². The summed E-state index contributed by atoms with van der Waals surface area (Å²) in [6.07, 6.45) is 0. The fraction of sp³-hybridized carbons (Fsp3) is 0.167. The van der Waals surface area contributed by atoms with E-state index in [0.29, 0.717) is 0 Å². The van der Waals surface area contributed by atoms with E-state index in [4.69, 9.17) is 0 Å². The molecule has 186 valence electrons. The first kappa shape index (κ1) is 23.0. The van der Waals surface area contributed by atoms with Crippen LogP contribution in [0.25, 0.3) is 22.3 Å². The van der Waals surface area contributed by atoms with Gasteiger partial charge in [0.2, 0.25) is 0 Å². The van der Waals surface area contributed by atoms with E-state index in [1.54, 1.807) is 0 Å². The van der Waals surface area contributed by atoms with E-state index in [-0.39, 0.29) is 5.41 Å². The molecule has 5 aromatic carbocycles. The molecule has 0 saturated heterocycles. The summed E-state index contributed by atoms with van der Waals surface area (Å²) >= 11 is 0. The largest absolute Gasteiger partial charge is 0.378 e. The highest BCUT2D eigenvalue weighted by Crippen LogP contribution is 2.62. The molecule has 2 nitrogen and oxygen atoms in total. The van der Waals surface area contributed by atoms with Crippen LogP contribution in [0.5, 0.6) is 0 Å². The second-order valence-electron chi connectivity index (χ2n) is 11.0. The minimum absolute atomic E-state index is 0.252. The van der Waals surface area contributed by atoms with Gasteiger partial charge < -0.3 is 4.90 Å². The van der Waals surface area contributed by atoms with Crippen molar-refractivity contribution in [2.45, 2.75) is 18.5 Å². The van der Waals surface area contributed by atoms with Crippen LogP contribution in [-0.4, -0.2) is 26.0 Å². The van der Waals surface area contributed by atoms with Crippen LogP contribution < -0.4 is 4.90 Å². The highest BCUT2D eigenvalue weighted by Gasteiger charge is 2.51. The minimum Gasteiger partial charge on any atom is -0.378 e. The standard InChI is InChI=1S/C36H32N2/c1-37(2)27-19-16-25(17-20-27)23-38(3)24-26-18-21-35-31(22-26)30-12-6-9-15-34(30)36(35)32-13-7-4-10-28(32)29-11-5-8-14-33(29)36/h4-22H,23-24H2,1-3H3. The zero-order valence-corrected chi connectivity index (χ0v) is 22.3. The molecule has 0 fully saturated rings. The third kappa shape index (κ3) is 3.30. The third-order valence-electron chi connectivity index (χ3n) is 8.42. The van der Waals surface area contributed by atoms with Gasteiger partial charge in [-0.05, 0) is 80.9 Å². The van der Waals surface area contributed by atoms with Gasteiger partial charge in [-0.25, -0.2) is 0 Å². The average Bonchev–Trinajstić information content (AvgIpc) is 3.40. The molecule has 0 amide bonds. The van der Waals surface area contributed by atoms with Gasteiger partial charge in [0, 0.05) is 32.9 Å². The maximum atomic E-state index is 2.44. The number of hydrogen-bond acceptors (Lipinski definition) is 2. The molecule has 0 heterocycles. The van der Waals surface area contributed by atoms with Crippen molar-refractivity contribution >= 4 is 5.69 Å². The Morgan fingerprint density at radius 1 is 0.474 bits per heavy atom. The summed E-state index contributed by atoms with van der Waals surface area (Å²) in [5.74, 6) is 0. The van der Waals surface area contributed by atoms with E-state index in [2.05, 4.69) is 146 Å². The van der Waals surface area contributed by atoms with Gasteiger partial charge in [0.05, 0.1) is 5.41 Å². The van der Waals surface area contributed by atoms with Gasteiger partial charge in [-0.1, -0.05) is 97.1 Å². The first-order valence-corrected chi connectivity index (χ1v) is 13.4. The summed E-state index contributed by atoms with van der Waals surface area (Å²) < 4.78 is 0. The predicted octanol–water partition coefficient (Wildman–Crippen LogP) is 7.73. The molecule has 0 atom stereocenters. The molecule has 0 aromatic heterocycles. The lowest BCUT2D eigenvalue weighted by atomic mass is 9.70. The fourth-order valence-corrected chi connectivity index (χ4v) is 6.82. The Morgan fingerprint density at radius 2 is 0.921 bits per heavy atom. The number of hydrogen-bond donors (Lipinski definition) is 0. The van der Waals surface area contributed by atoms with Crippen LogP contribution in [0.15, 0.2) is 115 Å². The zero-order chi connectivity index (χ0) is 25.9.